The van der Waals surface area contributed by atoms with Gasteiger partial charge in [-0.05, 0) is 31.2 Å². The second-order valence-electron chi connectivity index (χ2n) is 7.29. The Bertz CT molecular complexity index is 1190. The van der Waals surface area contributed by atoms with Crippen molar-refractivity contribution < 1.29 is 9.53 Å². The van der Waals surface area contributed by atoms with E-state index < -0.39 is 0 Å². The van der Waals surface area contributed by atoms with E-state index in [4.69, 9.17) is 4.74 Å². The Kier molecular flexibility index (Phi) is 6.06. The van der Waals surface area contributed by atoms with E-state index in [0.29, 0.717) is 23.5 Å². The summed E-state index contributed by atoms with van der Waals surface area (Å²) in [6.45, 7) is 4.69. The number of benzene rings is 2. The molecule has 3 heterocycles. The molecule has 0 radical (unpaired) electrons. The first kappa shape index (κ1) is 20.9. The number of fused-ring (bicyclic) bond motifs is 1. The molecule has 2 aromatic heterocycles. The van der Waals surface area contributed by atoms with Crippen molar-refractivity contribution in [2.45, 2.75) is 17.3 Å². The third kappa shape index (κ3) is 4.34. The molecule has 32 heavy (non-hydrogen) atoms. The van der Waals surface area contributed by atoms with E-state index in [1.165, 1.54) is 23.1 Å². The maximum atomic E-state index is 12.9. The number of aromatic nitrogens is 4. The highest BCUT2D eigenvalue weighted by atomic mass is 32.2. The molecule has 1 aliphatic rings. The van der Waals surface area contributed by atoms with Gasteiger partial charge in [0.15, 0.2) is 10.3 Å². The summed E-state index contributed by atoms with van der Waals surface area (Å²) in [6.07, 6.45) is 0. The van der Waals surface area contributed by atoms with Crippen LogP contribution in [0.4, 0.5) is 11.1 Å². The molecule has 1 unspecified atom stereocenters. The van der Waals surface area contributed by atoms with E-state index in [2.05, 4.69) is 25.4 Å². The number of anilines is 2. The van der Waals surface area contributed by atoms with Crippen LogP contribution in [-0.2, 0) is 9.53 Å². The molecule has 2 aromatic carbocycles. The van der Waals surface area contributed by atoms with Crippen LogP contribution in [0.2, 0.25) is 0 Å². The minimum atomic E-state index is -0.383. The molecule has 164 valence electrons. The molecule has 1 amide bonds. The first-order valence-corrected chi connectivity index (χ1v) is 12.1. The summed E-state index contributed by atoms with van der Waals surface area (Å²) >= 11 is 2.85. The lowest BCUT2D eigenvalue weighted by atomic mass is 10.3. The Morgan fingerprint density at radius 2 is 1.84 bits per heavy atom. The van der Waals surface area contributed by atoms with Crippen molar-refractivity contribution in [3.05, 3.63) is 54.6 Å². The normalized spacial score (nSPS) is 15.1. The highest BCUT2D eigenvalue weighted by molar-refractivity contribution is 8.00. The van der Waals surface area contributed by atoms with Crippen LogP contribution < -0.4 is 10.2 Å². The van der Waals surface area contributed by atoms with Gasteiger partial charge in [0.2, 0.25) is 11.9 Å². The zero-order valence-corrected chi connectivity index (χ0v) is 19.1. The van der Waals surface area contributed by atoms with Crippen LogP contribution in [0, 0.1) is 0 Å². The van der Waals surface area contributed by atoms with Gasteiger partial charge in [-0.15, -0.1) is 10.2 Å². The average Bonchev–Trinajstić information content (AvgIpc) is 3.43. The molecule has 10 heteroatoms. The molecule has 1 N–H and O–H groups in total. The molecule has 1 fully saturated rings. The monoisotopic (exact) mass is 466 g/mol. The zero-order chi connectivity index (χ0) is 21.9. The van der Waals surface area contributed by atoms with Crippen molar-refractivity contribution in [3.8, 4) is 5.69 Å². The molecule has 5 rings (SSSR count). The summed E-state index contributed by atoms with van der Waals surface area (Å²) < 4.78 is 8.54. The largest absolute Gasteiger partial charge is 0.378 e. The summed E-state index contributed by atoms with van der Waals surface area (Å²) in [7, 11) is 0. The molecule has 0 spiro atoms. The Balaban J connectivity index is 1.37. The van der Waals surface area contributed by atoms with Crippen molar-refractivity contribution in [1.29, 1.82) is 0 Å². The molecular formula is C22H22N6O2S2. The first-order valence-electron chi connectivity index (χ1n) is 10.4. The fourth-order valence-corrected chi connectivity index (χ4v) is 5.19. The lowest BCUT2D eigenvalue weighted by Crippen LogP contribution is -2.37. The number of rotatable bonds is 6. The molecule has 0 aliphatic carbocycles. The van der Waals surface area contributed by atoms with E-state index in [1.807, 2.05) is 66.1 Å². The van der Waals surface area contributed by atoms with Crippen LogP contribution >= 0.6 is 23.1 Å². The number of thioether (sulfide) groups is 1. The van der Waals surface area contributed by atoms with Crippen LogP contribution in [0.5, 0.6) is 0 Å². The average molecular weight is 467 g/mol. The topological polar surface area (TPSA) is 85.2 Å². The zero-order valence-electron chi connectivity index (χ0n) is 17.5. The summed E-state index contributed by atoms with van der Waals surface area (Å²) in [4.78, 5) is 19.6. The van der Waals surface area contributed by atoms with Crippen molar-refractivity contribution in [2.24, 2.45) is 0 Å². The van der Waals surface area contributed by atoms with Gasteiger partial charge in [0.05, 0.1) is 34.4 Å². The maximum absolute atomic E-state index is 12.9. The number of amides is 1. The molecule has 0 bridgehead atoms. The number of nitrogens with one attached hydrogen (secondary N) is 1. The number of nitrogens with zero attached hydrogens (tertiary/aromatic N) is 5. The number of carbonyl (C=O) groups excluding carboxylic acids is 1. The predicted octanol–water partition coefficient (Wildman–Crippen LogP) is 3.83. The smallest absolute Gasteiger partial charge is 0.239 e. The minimum absolute atomic E-state index is 0.121. The van der Waals surface area contributed by atoms with Crippen LogP contribution in [0.1, 0.15) is 6.92 Å². The molecule has 1 aliphatic heterocycles. The van der Waals surface area contributed by atoms with Gasteiger partial charge in [0, 0.05) is 13.1 Å². The second-order valence-corrected chi connectivity index (χ2v) is 9.63. The number of ether oxygens (including phenoxy) is 1. The number of hydrogen-bond acceptors (Lipinski definition) is 8. The summed E-state index contributed by atoms with van der Waals surface area (Å²) in [6, 6.07) is 17.8. The van der Waals surface area contributed by atoms with Gasteiger partial charge in [-0.3, -0.25) is 9.36 Å². The first-order chi connectivity index (χ1) is 15.7. The highest BCUT2D eigenvalue weighted by Gasteiger charge is 2.25. The fourth-order valence-electron chi connectivity index (χ4n) is 3.45. The SMILES string of the molecule is CC(Sc1nnc(N2CCOCC2)n1-c1ccccc1)C(=O)Nc1nc2ccccc2s1. The maximum Gasteiger partial charge on any atom is 0.239 e. The van der Waals surface area contributed by atoms with Crippen LogP contribution in [0.15, 0.2) is 59.8 Å². The number of thiazole rings is 1. The fraction of sp³-hybridized carbons (Fsp3) is 0.273. The quantitative estimate of drug-likeness (QED) is 0.432. The predicted molar refractivity (Wildman–Crippen MR) is 128 cm³/mol. The third-order valence-corrected chi connectivity index (χ3v) is 7.09. The standard InChI is InChI=1S/C22H22N6O2S2/c1-15(19(29)24-20-23-17-9-5-6-10-18(17)32-20)31-22-26-25-21(27-11-13-30-14-12-27)28(22)16-7-3-2-4-8-16/h2-10,15H,11-14H2,1H3,(H,23,24,29). The van der Waals surface area contributed by atoms with E-state index in [9.17, 15) is 4.79 Å². The van der Waals surface area contributed by atoms with Gasteiger partial charge in [-0.1, -0.05) is 53.4 Å². The highest BCUT2D eigenvalue weighted by Crippen LogP contribution is 2.31. The Morgan fingerprint density at radius 1 is 1.09 bits per heavy atom. The number of morpholine rings is 1. The molecule has 0 saturated carbocycles. The van der Waals surface area contributed by atoms with E-state index in [-0.39, 0.29) is 11.2 Å². The summed E-state index contributed by atoms with van der Waals surface area (Å²) in [5.41, 5.74) is 1.84. The second kappa shape index (κ2) is 9.27. The van der Waals surface area contributed by atoms with Gasteiger partial charge >= 0.3 is 0 Å². The Labute approximate surface area is 193 Å². The minimum Gasteiger partial charge on any atom is -0.378 e. The Morgan fingerprint density at radius 3 is 2.62 bits per heavy atom. The number of carbonyl (C=O) groups is 1. The van der Waals surface area contributed by atoms with Crippen LogP contribution in [-0.4, -0.2) is 57.2 Å². The molecule has 1 saturated heterocycles. The lowest BCUT2D eigenvalue weighted by molar-refractivity contribution is -0.115. The van der Waals surface area contributed by atoms with Crippen LogP contribution in [0.3, 0.4) is 0 Å². The third-order valence-electron chi connectivity index (χ3n) is 5.10. The van der Waals surface area contributed by atoms with Crippen molar-refractivity contribution in [3.63, 3.8) is 0 Å². The van der Waals surface area contributed by atoms with Gasteiger partial charge < -0.3 is 15.0 Å². The summed E-state index contributed by atoms with van der Waals surface area (Å²) in [5, 5.41) is 12.7. The van der Waals surface area contributed by atoms with Crippen LogP contribution in [0.25, 0.3) is 15.9 Å². The molecule has 8 nitrogen and oxygen atoms in total. The number of para-hydroxylation sites is 2. The number of hydrogen-bond donors (Lipinski definition) is 1. The van der Waals surface area contributed by atoms with Crippen molar-refractivity contribution >= 4 is 50.3 Å². The van der Waals surface area contributed by atoms with E-state index in [0.717, 1.165) is 34.9 Å². The lowest BCUT2D eigenvalue weighted by Gasteiger charge is -2.28. The van der Waals surface area contributed by atoms with Crippen molar-refractivity contribution in [2.75, 3.05) is 36.5 Å². The van der Waals surface area contributed by atoms with E-state index in [1.54, 1.807) is 0 Å². The molecular weight excluding hydrogens is 444 g/mol. The Hall–Kier alpha value is -2.95. The molecule has 1 atom stereocenters. The van der Waals surface area contributed by atoms with Gasteiger partial charge in [-0.25, -0.2) is 4.98 Å². The van der Waals surface area contributed by atoms with Gasteiger partial charge in [-0.2, -0.15) is 0 Å². The molecule has 4 aromatic rings. The summed E-state index contributed by atoms with van der Waals surface area (Å²) in [5.74, 6) is 0.644. The van der Waals surface area contributed by atoms with Crippen molar-refractivity contribution in [1.82, 2.24) is 19.7 Å². The van der Waals surface area contributed by atoms with E-state index >= 15 is 0 Å². The van der Waals surface area contributed by atoms with Gasteiger partial charge in [0.1, 0.15) is 0 Å². The van der Waals surface area contributed by atoms with Gasteiger partial charge in [0.25, 0.3) is 0 Å².